The largest absolute Gasteiger partial charge is 0.490 e. The number of carbonyl (C=O) groups is 1. The summed E-state index contributed by atoms with van der Waals surface area (Å²) in [5, 5.41) is 9.53. The molecule has 0 aromatic heterocycles. The van der Waals surface area contributed by atoms with Gasteiger partial charge in [0, 0.05) is 11.6 Å². The van der Waals surface area contributed by atoms with E-state index in [-0.39, 0.29) is 24.4 Å². The second-order valence-electron chi connectivity index (χ2n) is 8.28. The molecular formula is C16H28BNO4. The highest BCUT2D eigenvalue weighted by Crippen LogP contribution is 2.41. The molecule has 0 bridgehead atoms. The zero-order valence-electron chi connectivity index (χ0n) is 14.8. The minimum atomic E-state index is -0.874. The lowest BCUT2D eigenvalue weighted by atomic mass is 9.77. The fourth-order valence-electron chi connectivity index (χ4n) is 3.10. The predicted molar refractivity (Wildman–Crippen MR) is 86.8 cm³/mol. The Kier molecular flexibility index (Phi) is 4.16. The predicted octanol–water partition coefficient (Wildman–Crippen LogP) is 3.49. The van der Waals surface area contributed by atoms with Crippen LogP contribution in [0.5, 0.6) is 0 Å². The molecule has 6 heteroatoms. The maximum atomic E-state index is 11.6. The van der Waals surface area contributed by atoms with Gasteiger partial charge in [0.25, 0.3) is 0 Å². The molecule has 1 N–H and O–H groups in total. The maximum Gasteiger partial charge on any atom is 0.490 e. The van der Waals surface area contributed by atoms with Crippen LogP contribution in [0, 0.1) is 0 Å². The van der Waals surface area contributed by atoms with Crippen LogP contribution >= 0.6 is 0 Å². The van der Waals surface area contributed by atoms with Crippen molar-refractivity contribution in [3.63, 3.8) is 0 Å². The van der Waals surface area contributed by atoms with E-state index in [0.717, 1.165) is 5.47 Å². The molecule has 1 fully saturated rings. The Morgan fingerprint density at radius 2 is 1.77 bits per heavy atom. The highest BCUT2D eigenvalue weighted by molar-refractivity contribution is 6.54. The van der Waals surface area contributed by atoms with Crippen LogP contribution < -0.4 is 0 Å². The van der Waals surface area contributed by atoms with Crippen molar-refractivity contribution < 1.29 is 19.2 Å². The van der Waals surface area contributed by atoms with Crippen LogP contribution in [0.2, 0.25) is 0 Å². The first-order chi connectivity index (χ1) is 9.85. The van der Waals surface area contributed by atoms with Crippen molar-refractivity contribution in [1.29, 1.82) is 0 Å². The summed E-state index contributed by atoms with van der Waals surface area (Å²) < 4.78 is 12.1. The van der Waals surface area contributed by atoms with E-state index in [9.17, 15) is 9.90 Å². The van der Waals surface area contributed by atoms with Crippen LogP contribution in [0.1, 0.15) is 61.3 Å². The number of carboxylic acid groups (broad SMARTS) is 1. The van der Waals surface area contributed by atoms with Gasteiger partial charge in [-0.05, 0) is 66.8 Å². The molecule has 1 aliphatic heterocycles. The molecule has 5 nitrogen and oxygen atoms in total. The molecule has 1 heterocycles. The minimum absolute atomic E-state index is 0.0495. The summed E-state index contributed by atoms with van der Waals surface area (Å²) in [7, 11) is -0.370. The lowest BCUT2D eigenvalue weighted by molar-refractivity contribution is 0.00578. The lowest BCUT2D eigenvalue weighted by Crippen LogP contribution is -2.50. The maximum absolute atomic E-state index is 11.6. The zero-order chi connectivity index (χ0) is 16.9. The number of nitrogens with zero attached hydrogens (tertiary/aromatic N) is 1. The van der Waals surface area contributed by atoms with Gasteiger partial charge in [-0.25, -0.2) is 4.79 Å². The Morgan fingerprint density at radius 3 is 2.18 bits per heavy atom. The first-order valence-electron chi connectivity index (χ1n) is 7.92. The minimum Gasteiger partial charge on any atom is -0.465 e. The second kappa shape index (κ2) is 5.27. The van der Waals surface area contributed by atoms with E-state index >= 15 is 0 Å². The summed E-state index contributed by atoms with van der Waals surface area (Å²) in [6, 6.07) is -0.0495. The average molecular weight is 309 g/mol. The summed E-state index contributed by atoms with van der Waals surface area (Å²) in [5.74, 6) is 0. The van der Waals surface area contributed by atoms with Gasteiger partial charge in [0.15, 0.2) is 0 Å². The molecule has 1 aliphatic carbocycles. The molecule has 124 valence electrons. The topological polar surface area (TPSA) is 59.0 Å². The molecule has 0 saturated carbocycles. The molecule has 2 aliphatic rings. The quantitative estimate of drug-likeness (QED) is 0.793. The van der Waals surface area contributed by atoms with Crippen LogP contribution in [-0.4, -0.2) is 46.0 Å². The molecular weight excluding hydrogens is 281 g/mol. The van der Waals surface area contributed by atoms with Gasteiger partial charge in [0.05, 0.1) is 11.2 Å². The molecule has 22 heavy (non-hydrogen) atoms. The van der Waals surface area contributed by atoms with Gasteiger partial charge in [-0.2, -0.15) is 0 Å². The smallest absolute Gasteiger partial charge is 0.465 e. The Labute approximate surface area is 133 Å². The summed E-state index contributed by atoms with van der Waals surface area (Å²) in [4.78, 5) is 13.2. The van der Waals surface area contributed by atoms with E-state index in [1.165, 1.54) is 0 Å². The molecule has 0 radical (unpaired) electrons. The number of rotatable bonds is 2. The van der Waals surface area contributed by atoms with Crippen LogP contribution in [0.25, 0.3) is 0 Å². The monoisotopic (exact) mass is 309 g/mol. The number of hydrogen-bond acceptors (Lipinski definition) is 3. The second-order valence-corrected chi connectivity index (χ2v) is 8.28. The van der Waals surface area contributed by atoms with Crippen LogP contribution in [-0.2, 0) is 9.31 Å². The summed E-state index contributed by atoms with van der Waals surface area (Å²) in [5.41, 5.74) is -0.102. The van der Waals surface area contributed by atoms with Gasteiger partial charge in [-0.3, -0.25) is 4.90 Å². The van der Waals surface area contributed by atoms with Crippen molar-refractivity contribution >= 4 is 13.2 Å². The van der Waals surface area contributed by atoms with E-state index in [1.807, 2.05) is 48.5 Å². The SMILES string of the molecule is CC(C)(C)N(C(=O)O)C1CC=C(B2OC(C)(C)C(C)(C)O2)C1. The highest BCUT2D eigenvalue weighted by atomic mass is 16.7. The third-order valence-electron chi connectivity index (χ3n) is 4.97. The molecule has 1 saturated heterocycles. The Balaban J connectivity index is 2.09. The molecule has 1 unspecified atom stereocenters. The number of hydrogen-bond donors (Lipinski definition) is 1. The summed E-state index contributed by atoms with van der Waals surface area (Å²) in [6.45, 7) is 13.9. The zero-order valence-corrected chi connectivity index (χ0v) is 14.8. The van der Waals surface area contributed by atoms with E-state index in [4.69, 9.17) is 9.31 Å². The molecule has 2 rings (SSSR count). The van der Waals surface area contributed by atoms with Gasteiger partial charge in [-0.15, -0.1) is 0 Å². The van der Waals surface area contributed by atoms with Crippen LogP contribution in [0.15, 0.2) is 11.5 Å². The van der Waals surface area contributed by atoms with Crippen molar-refractivity contribution in [2.75, 3.05) is 0 Å². The van der Waals surface area contributed by atoms with Gasteiger partial charge in [0.2, 0.25) is 0 Å². The average Bonchev–Trinajstić information content (AvgIpc) is 2.80. The Morgan fingerprint density at radius 1 is 1.27 bits per heavy atom. The normalized spacial score (nSPS) is 27.0. The van der Waals surface area contributed by atoms with E-state index in [0.29, 0.717) is 12.8 Å². The molecule has 1 atom stereocenters. The third-order valence-corrected chi connectivity index (χ3v) is 4.97. The fraction of sp³-hybridized carbons (Fsp3) is 0.812. The van der Waals surface area contributed by atoms with Crippen molar-refractivity contribution in [3.8, 4) is 0 Å². The fourth-order valence-corrected chi connectivity index (χ4v) is 3.10. The van der Waals surface area contributed by atoms with Gasteiger partial charge in [-0.1, -0.05) is 6.08 Å². The van der Waals surface area contributed by atoms with Gasteiger partial charge >= 0.3 is 13.2 Å². The third kappa shape index (κ3) is 3.04. The van der Waals surface area contributed by atoms with E-state index in [2.05, 4.69) is 6.08 Å². The molecule has 0 spiro atoms. The van der Waals surface area contributed by atoms with Gasteiger partial charge < -0.3 is 14.4 Å². The summed E-state index contributed by atoms with van der Waals surface area (Å²) in [6.07, 6.45) is 2.58. The van der Waals surface area contributed by atoms with Crippen molar-refractivity contribution in [3.05, 3.63) is 11.5 Å². The summed E-state index contributed by atoms with van der Waals surface area (Å²) >= 11 is 0. The molecule has 0 aromatic rings. The Hall–Kier alpha value is -1.01. The molecule has 0 aromatic carbocycles. The van der Waals surface area contributed by atoms with Crippen molar-refractivity contribution in [2.45, 2.75) is 84.1 Å². The van der Waals surface area contributed by atoms with E-state index < -0.39 is 11.6 Å². The Bertz CT molecular complexity index is 477. The number of amides is 1. The molecule has 1 amide bonds. The lowest BCUT2D eigenvalue weighted by Gasteiger charge is -2.38. The van der Waals surface area contributed by atoms with Crippen LogP contribution in [0.3, 0.4) is 0 Å². The first kappa shape index (κ1) is 17.4. The standard InChI is InChI=1S/C16H28BNO4/c1-14(2,3)18(13(19)20)12-9-8-11(10-12)17-21-15(4,5)16(6,7)22-17/h8,12H,9-10H2,1-7H3,(H,19,20). The van der Waals surface area contributed by atoms with Crippen LogP contribution in [0.4, 0.5) is 4.79 Å². The first-order valence-corrected chi connectivity index (χ1v) is 7.92. The van der Waals surface area contributed by atoms with Gasteiger partial charge in [0.1, 0.15) is 0 Å². The van der Waals surface area contributed by atoms with Crippen molar-refractivity contribution in [1.82, 2.24) is 4.90 Å². The van der Waals surface area contributed by atoms with Crippen molar-refractivity contribution in [2.24, 2.45) is 0 Å². The van der Waals surface area contributed by atoms with E-state index in [1.54, 1.807) is 4.90 Å². The highest BCUT2D eigenvalue weighted by Gasteiger charge is 2.53.